The zero-order valence-corrected chi connectivity index (χ0v) is 16.3. The second kappa shape index (κ2) is 7.08. The first kappa shape index (κ1) is 19.8. The zero-order valence-electron chi connectivity index (χ0n) is 16.3. The molecule has 4 rings (SSSR count). The maximum atomic E-state index is 13.5. The van der Waals surface area contributed by atoms with Crippen molar-refractivity contribution < 1.29 is 23.1 Å². The second-order valence-corrected chi connectivity index (χ2v) is 8.16. The molecule has 6 heteroatoms. The van der Waals surface area contributed by atoms with E-state index in [-0.39, 0.29) is 28.8 Å². The van der Waals surface area contributed by atoms with Gasteiger partial charge in [0.25, 0.3) is 0 Å². The number of rotatable bonds is 2. The number of carbonyl (C=O) groups excluding carboxylic acids is 1. The molecule has 1 heterocycles. The largest absolute Gasteiger partial charge is 0.508 e. The van der Waals surface area contributed by atoms with E-state index in [9.17, 15) is 23.1 Å². The molecule has 1 atom stereocenters. The van der Waals surface area contributed by atoms with Crippen LogP contribution >= 0.6 is 0 Å². The lowest BCUT2D eigenvalue weighted by atomic mass is 9.63. The van der Waals surface area contributed by atoms with Gasteiger partial charge in [-0.25, -0.2) is 0 Å². The molecule has 1 aliphatic heterocycles. The smallest absolute Gasteiger partial charge is 0.416 e. The summed E-state index contributed by atoms with van der Waals surface area (Å²) in [5.41, 5.74) is -0.0932. The number of phenols is 1. The molecule has 0 spiro atoms. The van der Waals surface area contributed by atoms with E-state index in [1.165, 1.54) is 25.1 Å². The summed E-state index contributed by atoms with van der Waals surface area (Å²) < 4.78 is 40.3. The molecule has 2 aromatic carbocycles. The fourth-order valence-corrected chi connectivity index (χ4v) is 5.21. The van der Waals surface area contributed by atoms with Crippen molar-refractivity contribution in [3.63, 3.8) is 0 Å². The van der Waals surface area contributed by atoms with Crippen LogP contribution in [0.15, 0.2) is 36.4 Å². The van der Waals surface area contributed by atoms with Crippen LogP contribution in [0.1, 0.15) is 60.8 Å². The van der Waals surface area contributed by atoms with Gasteiger partial charge in [0, 0.05) is 5.69 Å². The van der Waals surface area contributed by atoms with Crippen molar-refractivity contribution in [2.45, 2.75) is 57.0 Å². The first-order valence-electron chi connectivity index (χ1n) is 10.1. The van der Waals surface area contributed by atoms with Crippen LogP contribution in [0.4, 0.5) is 18.9 Å². The molecule has 1 saturated carbocycles. The molecule has 3 nitrogen and oxygen atoms in total. The number of benzene rings is 2. The SMILES string of the molecule is Cc1c(C(F)(F)F)ccc2c1NC(=O)C2(c1ccc(O)cc1)C1CCCCCC1. The predicted octanol–water partition coefficient (Wildman–Crippen LogP) is 5.93. The third-order valence-electron chi connectivity index (χ3n) is 6.58. The number of hydrogen-bond acceptors (Lipinski definition) is 2. The second-order valence-electron chi connectivity index (χ2n) is 8.16. The number of halogens is 3. The quantitative estimate of drug-likeness (QED) is 0.611. The molecule has 0 saturated heterocycles. The summed E-state index contributed by atoms with van der Waals surface area (Å²) in [5, 5.41) is 12.5. The molecule has 2 aliphatic rings. The Morgan fingerprint density at radius 2 is 1.62 bits per heavy atom. The van der Waals surface area contributed by atoms with E-state index < -0.39 is 17.2 Å². The summed E-state index contributed by atoms with van der Waals surface area (Å²) in [7, 11) is 0. The van der Waals surface area contributed by atoms with E-state index in [1.807, 2.05) is 0 Å². The highest BCUT2D eigenvalue weighted by Crippen LogP contribution is 2.53. The van der Waals surface area contributed by atoms with Gasteiger partial charge in [-0.1, -0.05) is 43.9 Å². The number of aromatic hydroxyl groups is 1. The molecule has 0 aromatic heterocycles. The van der Waals surface area contributed by atoms with Gasteiger partial charge in [-0.05, 0) is 60.6 Å². The van der Waals surface area contributed by atoms with Crippen LogP contribution in [0.25, 0.3) is 0 Å². The van der Waals surface area contributed by atoms with Crippen LogP contribution in [-0.4, -0.2) is 11.0 Å². The average molecular weight is 403 g/mol. The van der Waals surface area contributed by atoms with Gasteiger partial charge >= 0.3 is 6.18 Å². The molecule has 1 fully saturated rings. The molecule has 2 aromatic rings. The fraction of sp³-hybridized carbons (Fsp3) is 0.435. The summed E-state index contributed by atoms with van der Waals surface area (Å²) in [4.78, 5) is 13.5. The normalized spacial score (nSPS) is 22.8. The number of phenolic OH excluding ortho intramolecular Hbond substituents is 1. The van der Waals surface area contributed by atoms with Gasteiger partial charge in [0.1, 0.15) is 11.2 Å². The van der Waals surface area contributed by atoms with Crippen molar-refractivity contribution in [3.8, 4) is 5.75 Å². The van der Waals surface area contributed by atoms with E-state index in [4.69, 9.17) is 0 Å². The fourth-order valence-electron chi connectivity index (χ4n) is 5.21. The Hall–Kier alpha value is -2.50. The van der Waals surface area contributed by atoms with Crippen molar-refractivity contribution in [1.29, 1.82) is 0 Å². The molecule has 1 unspecified atom stereocenters. The first-order chi connectivity index (χ1) is 13.8. The number of amides is 1. The lowest BCUT2D eigenvalue weighted by molar-refractivity contribution is -0.138. The average Bonchev–Trinajstić information content (AvgIpc) is 2.82. The van der Waals surface area contributed by atoms with Crippen molar-refractivity contribution in [2.75, 3.05) is 5.32 Å². The van der Waals surface area contributed by atoms with Crippen molar-refractivity contribution in [2.24, 2.45) is 5.92 Å². The van der Waals surface area contributed by atoms with Crippen LogP contribution in [0, 0.1) is 12.8 Å². The minimum Gasteiger partial charge on any atom is -0.508 e. The molecule has 154 valence electrons. The van der Waals surface area contributed by atoms with Crippen molar-refractivity contribution in [3.05, 3.63) is 58.7 Å². The molecular formula is C23H24F3NO2. The molecule has 29 heavy (non-hydrogen) atoms. The molecule has 0 bridgehead atoms. The van der Waals surface area contributed by atoms with Gasteiger partial charge in [0.2, 0.25) is 5.91 Å². The van der Waals surface area contributed by atoms with Gasteiger partial charge in [0.05, 0.1) is 5.56 Å². The van der Waals surface area contributed by atoms with E-state index in [1.54, 1.807) is 12.1 Å². The Labute approximate surface area is 167 Å². The highest BCUT2D eigenvalue weighted by Gasteiger charge is 2.54. The van der Waals surface area contributed by atoms with Gasteiger partial charge in [-0.3, -0.25) is 4.79 Å². The van der Waals surface area contributed by atoms with Crippen molar-refractivity contribution >= 4 is 11.6 Å². The topological polar surface area (TPSA) is 49.3 Å². The van der Waals surface area contributed by atoms with Crippen LogP contribution in [-0.2, 0) is 16.4 Å². The number of hydrogen-bond donors (Lipinski definition) is 2. The van der Waals surface area contributed by atoms with Crippen LogP contribution in [0.2, 0.25) is 0 Å². The third kappa shape index (κ3) is 3.09. The maximum Gasteiger partial charge on any atom is 0.416 e. The summed E-state index contributed by atoms with van der Waals surface area (Å²) in [6, 6.07) is 9.09. The lowest BCUT2D eigenvalue weighted by Crippen LogP contribution is -2.43. The summed E-state index contributed by atoms with van der Waals surface area (Å²) >= 11 is 0. The van der Waals surface area contributed by atoms with Gasteiger partial charge < -0.3 is 10.4 Å². The van der Waals surface area contributed by atoms with Gasteiger partial charge in [-0.15, -0.1) is 0 Å². The van der Waals surface area contributed by atoms with Crippen LogP contribution in [0.3, 0.4) is 0 Å². The van der Waals surface area contributed by atoms with Crippen LogP contribution in [0.5, 0.6) is 5.75 Å². The standard InChI is InChI=1S/C23H24F3NO2/c1-14-18(23(24,25)26)12-13-19-20(14)27-21(29)22(19,15-6-4-2-3-5-7-15)16-8-10-17(28)11-9-16/h8-13,15,28H,2-7H2,1H3,(H,27,29). The predicted molar refractivity (Wildman–Crippen MR) is 105 cm³/mol. The Kier molecular flexibility index (Phi) is 4.83. The summed E-state index contributed by atoms with van der Waals surface area (Å²) in [5.74, 6) is -0.188. The Balaban J connectivity index is 1.96. The Morgan fingerprint density at radius 1 is 1.00 bits per heavy atom. The maximum absolute atomic E-state index is 13.5. The minimum absolute atomic E-state index is 0.00747. The number of anilines is 1. The monoisotopic (exact) mass is 403 g/mol. The highest BCUT2D eigenvalue weighted by atomic mass is 19.4. The summed E-state index contributed by atoms with van der Waals surface area (Å²) in [6.07, 6.45) is 1.39. The Bertz CT molecular complexity index is 928. The zero-order chi connectivity index (χ0) is 20.8. The molecule has 1 amide bonds. The Morgan fingerprint density at radius 3 is 2.21 bits per heavy atom. The molecular weight excluding hydrogens is 379 g/mol. The van der Waals surface area contributed by atoms with Crippen molar-refractivity contribution in [1.82, 2.24) is 0 Å². The molecule has 2 N–H and O–H groups in total. The number of fused-ring (bicyclic) bond motifs is 1. The lowest BCUT2D eigenvalue weighted by Gasteiger charge is -2.36. The van der Waals surface area contributed by atoms with E-state index >= 15 is 0 Å². The van der Waals surface area contributed by atoms with Gasteiger partial charge in [0.15, 0.2) is 0 Å². The molecule has 1 aliphatic carbocycles. The first-order valence-corrected chi connectivity index (χ1v) is 10.1. The highest BCUT2D eigenvalue weighted by molar-refractivity contribution is 6.10. The van der Waals surface area contributed by atoms with E-state index in [0.717, 1.165) is 50.2 Å². The summed E-state index contributed by atoms with van der Waals surface area (Å²) in [6.45, 7) is 1.42. The molecule has 0 radical (unpaired) electrons. The van der Waals surface area contributed by atoms with Crippen LogP contribution < -0.4 is 5.32 Å². The van der Waals surface area contributed by atoms with E-state index in [0.29, 0.717) is 5.56 Å². The number of carbonyl (C=O) groups is 1. The third-order valence-corrected chi connectivity index (χ3v) is 6.58. The van der Waals surface area contributed by atoms with Gasteiger partial charge in [-0.2, -0.15) is 13.2 Å². The van der Waals surface area contributed by atoms with E-state index in [2.05, 4.69) is 5.32 Å². The number of alkyl halides is 3. The minimum atomic E-state index is -4.48. The number of nitrogens with one attached hydrogen (secondary N) is 1.